The standard InChI is InChI=1S/C14H31N3O2/c1-12(2)10-16-6-8-17(9-7-16)14(3,11-15)13(18-4)19-5/h12-13H,6-11,15H2,1-5H3. The number of ether oxygens (including phenoxy) is 2. The van der Waals surface area contributed by atoms with Crippen LogP contribution in [-0.4, -0.2) is 75.1 Å². The monoisotopic (exact) mass is 273 g/mol. The summed E-state index contributed by atoms with van der Waals surface area (Å²) in [5.74, 6) is 0.721. The van der Waals surface area contributed by atoms with Gasteiger partial charge in [0, 0.05) is 53.5 Å². The van der Waals surface area contributed by atoms with Crippen LogP contribution in [-0.2, 0) is 9.47 Å². The maximum absolute atomic E-state index is 5.99. The molecule has 0 bridgehead atoms. The molecule has 0 aromatic rings. The third-order valence-electron chi connectivity index (χ3n) is 4.07. The number of nitrogens with zero attached hydrogens (tertiary/aromatic N) is 2. The van der Waals surface area contributed by atoms with Gasteiger partial charge >= 0.3 is 0 Å². The Bertz CT molecular complexity index is 251. The molecular formula is C14H31N3O2. The molecule has 114 valence electrons. The highest BCUT2D eigenvalue weighted by molar-refractivity contribution is 4.93. The topological polar surface area (TPSA) is 51.0 Å². The molecular weight excluding hydrogens is 242 g/mol. The lowest BCUT2D eigenvalue weighted by molar-refractivity contribution is -0.185. The fraction of sp³-hybridized carbons (Fsp3) is 1.00. The van der Waals surface area contributed by atoms with Gasteiger partial charge in [-0.2, -0.15) is 0 Å². The van der Waals surface area contributed by atoms with Crippen LogP contribution in [0.2, 0.25) is 0 Å². The van der Waals surface area contributed by atoms with E-state index in [0.717, 1.165) is 32.1 Å². The van der Waals surface area contributed by atoms with Gasteiger partial charge in [0.05, 0.1) is 5.54 Å². The largest absolute Gasteiger partial charge is 0.354 e. The van der Waals surface area contributed by atoms with Gasteiger partial charge in [-0.05, 0) is 12.8 Å². The molecule has 0 aromatic heterocycles. The minimum atomic E-state index is -0.283. The smallest absolute Gasteiger partial charge is 0.176 e. The Morgan fingerprint density at radius 1 is 1.11 bits per heavy atom. The van der Waals surface area contributed by atoms with Crippen molar-refractivity contribution in [1.82, 2.24) is 9.80 Å². The van der Waals surface area contributed by atoms with Crippen LogP contribution in [0.4, 0.5) is 0 Å². The molecule has 1 heterocycles. The van der Waals surface area contributed by atoms with E-state index in [9.17, 15) is 0 Å². The molecule has 1 unspecified atom stereocenters. The van der Waals surface area contributed by atoms with Crippen molar-refractivity contribution in [2.75, 3.05) is 53.5 Å². The molecule has 1 saturated heterocycles. The average Bonchev–Trinajstić information content (AvgIpc) is 2.39. The van der Waals surface area contributed by atoms with E-state index < -0.39 is 0 Å². The molecule has 0 spiro atoms. The quantitative estimate of drug-likeness (QED) is 0.688. The van der Waals surface area contributed by atoms with Crippen LogP contribution >= 0.6 is 0 Å². The van der Waals surface area contributed by atoms with Crippen molar-refractivity contribution >= 4 is 0 Å². The lowest BCUT2D eigenvalue weighted by atomic mass is 9.97. The SMILES string of the molecule is COC(OC)C(C)(CN)N1CCN(CC(C)C)CC1. The predicted molar refractivity (Wildman–Crippen MR) is 78.1 cm³/mol. The zero-order valence-corrected chi connectivity index (χ0v) is 13.2. The first-order chi connectivity index (χ1) is 8.97. The van der Waals surface area contributed by atoms with E-state index in [2.05, 4.69) is 30.6 Å². The van der Waals surface area contributed by atoms with E-state index in [1.807, 2.05) is 0 Å². The van der Waals surface area contributed by atoms with Crippen LogP contribution in [0, 0.1) is 5.92 Å². The minimum absolute atomic E-state index is 0.257. The van der Waals surface area contributed by atoms with Crippen LogP contribution < -0.4 is 5.73 Å². The highest BCUT2D eigenvalue weighted by Crippen LogP contribution is 2.23. The van der Waals surface area contributed by atoms with Crippen molar-refractivity contribution in [2.24, 2.45) is 11.7 Å². The normalized spacial score (nSPS) is 22.1. The summed E-state index contributed by atoms with van der Waals surface area (Å²) in [5.41, 5.74) is 5.73. The molecule has 0 amide bonds. The highest BCUT2D eigenvalue weighted by atomic mass is 16.7. The number of nitrogens with two attached hydrogens (primary N) is 1. The summed E-state index contributed by atoms with van der Waals surface area (Å²) in [6.07, 6.45) is -0.283. The number of hydrogen-bond acceptors (Lipinski definition) is 5. The Labute approximate surface area is 118 Å². The van der Waals surface area contributed by atoms with Crippen LogP contribution in [0.25, 0.3) is 0 Å². The van der Waals surface area contributed by atoms with Gasteiger partial charge in [0.1, 0.15) is 0 Å². The molecule has 19 heavy (non-hydrogen) atoms. The Morgan fingerprint density at radius 2 is 1.63 bits per heavy atom. The van der Waals surface area contributed by atoms with Crippen LogP contribution in [0.15, 0.2) is 0 Å². The highest BCUT2D eigenvalue weighted by Gasteiger charge is 2.40. The lowest BCUT2D eigenvalue weighted by Crippen LogP contribution is -2.64. The molecule has 2 N–H and O–H groups in total. The molecule has 1 aliphatic heterocycles. The zero-order valence-electron chi connectivity index (χ0n) is 13.2. The minimum Gasteiger partial charge on any atom is -0.354 e. The Hall–Kier alpha value is -0.200. The van der Waals surface area contributed by atoms with Gasteiger partial charge < -0.3 is 20.1 Å². The van der Waals surface area contributed by atoms with E-state index in [0.29, 0.717) is 6.54 Å². The van der Waals surface area contributed by atoms with E-state index in [-0.39, 0.29) is 11.8 Å². The number of rotatable bonds is 7. The fourth-order valence-electron chi connectivity index (χ4n) is 2.94. The maximum atomic E-state index is 5.99. The summed E-state index contributed by atoms with van der Waals surface area (Å²) >= 11 is 0. The van der Waals surface area contributed by atoms with Crippen LogP contribution in [0.5, 0.6) is 0 Å². The van der Waals surface area contributed by atoms with Gasteiger partial charge in [-0.15, -0.1) is 0 Å². The molecule has 1 rings (SSSR count). The average molecular weight is 273 g/mol. The van der Waals surface area contributed by atoms with Gasteiger partial charge in [0.25, 0.3) is 0 Å². The molecule has 1 fully saturated rings. The summed E-state index contributed by atoms with van der Waals surface area (Å²) in [7, 11) is 3.36. The van der Waals surface area contributed by atoms with Gasteiger partial charge in [-0.25, -0.2) is 0 Å². The third kappa shape index (κ3) is 4.13. The first kappa shape index (κ1) is 16.9. The first-order valence-corrected chi connectivity index (χ1v) is 7.21. The van der Waals surface area contributed by atoms with Crippen molar-refractivity contribution < 1.29 is 9.47 Å². The summed E-state index contributed by atoms with van der Waals surface area (Å²) in [4.78, 5) is 4.92. The maximum Gasteiger partial charge on any atom is 0.176 e. The van der Waals surface area contributed by atoms with Crippen molar-refractivity contribution in [2.45, 2.75) is 32.6 Å². The van der Waals surface area contributed by atoms with E-state index in [1.54, 1.807) is 14.2 Å². The molecule has 0 aliphatic carbocycles. The lowest BCUT2D eigenvalue weighted by Gasteiger charge is -2.48. The predicted octanol–water partition coefficient (Wildman–Crippen LogP) is 0.596. The molecule has 0 aromatic carbocycles. The molecule has 0 saturated carbocycles. The summed E-state index contributed by atoms with van der Waals surface area (Å²) in [6.45, 7) is 12.6. The Balaban J connectivity index is 2.60. The van der Waals surface area contributed by atoms with Crippen molar-refractivity contribution in [3.8, 4) is 0 Å². The fourth-order valence-corrected chi connectivity index (χ4v) is 2.94. The van der Waals surface area contributed by atoms with Gasteiger partial charge in [-0.1, -0.05) is 13.8 Å². The second-order valence-electron chi connectivity index (χ2n) is 6.05. The number of piperazine rings is 1. The van der Waals surface area contributed by atoms with E-state index >= 15 is 0 Å². The summed E-state index contributed by atoms with van der Waals surface area (Å²) < 4.78 is 10.9. The third-order valence-corrected chi connectivity index (χ3v) is 4.07. The second-order valence-corrected chi connectivity index (χ2v) is 6.05. The number of methoxy groups -OCH3 is 2. The Morgan fingerprint density at radius 3 is 2.00 bits per heavy atom. The molecule has 1 atom stereocenters. The molecule has 5 heteroatoms. The van der Waals surface area contributed by atoms with Gasteiger partial charge in [0.15, 0.2) is 6.29 Å². The number of hydrogen-bond donors (Lipinski definition) is 1. The molecule has 0 radical (unpaired) electrons. The summed E-state index contributed by atoms with van der Waals surface area (Å²) in [5, 5.41) is 0. The second kappa shape index (κ2) is 7.55. The zero-order chi connectivity index (χ0) is 14.5. The molecule has 1 aliphatic rings. The van der Waals surface area contributed by atoms with Crippen molar-refractivity contribution in [3.05, 3.63) is 0 Å². The van der Waals surface area contributed by atoms with Crippen LogP contribution in [0.3, 0.4) is 0 Å². The Kier molecular flexibility index (Phi) is 6.69. The van der Waals surface area contributed by atoms with E-state index in [4.69, 9.17) is 15.2 Å². The van der Waals surface area contributed by atoms with Crippen molar-refractivity contribution in [3.63, 3.8) is 0 Å². The first-order valence-electron chi connectivity index (χ1n) is 7.21. The van der Waals surface area contributed by atoms with Crippen molar-refractivity contribution in [1.29, 1.82) is 0 Å². The van der Waals surface area contributed by atoms with Gasteiger partial charge in [0.2, 0.25) is 0 Å². The van der Waals surface area contributed by atoms with Gasteiger partial charge in [-0.3, -0.25) is 4.90 Å². The summed E-state index contributed by atoms with van der Waals surface area (Å²) in [6, 6.07) is 0. The molecule has 5 nitrogen and oxygen atoms in total. The van der Waals surface area contributed by atoms with Crippen LogP contribution in [0.1, 0.15) is 20.8 Å². The van der Waals surface area contributed by atoms with E-state index in [1.165, 1.54) is 6.54 Å².